The fourth-order valence-electron chi connectivity index (χ4n) is 7.02. The highest BCUT2D eigenvalue weighted by atomic mass is 32.2. The molecule has 1 fully saturated rings. The molecule has 1 rings (SSSR count). The molecule has 0 aromatic heterocycles. The van der Waals surface area contributed by atoms with Gasteiger partial charge in [0, 0.05) is 12.8 Å². The van der Waals surface area contributed by atoms with Crippen LogP contribution in [0.15, 0.2) is 12.2 Å². The lowest BCUT2D eigenvalue weighted by Crippen LogP contribution is -2.60. The summed E-state index contributed by atoms with van der Waals surface area (Å²) in [6, 6.07) is 0. The van der Waals surface area contributed by atoms with Gasteiger partial charge in [-0.2, -0.15) is 8.42 Å². The molecular formula is C44H82O12S. The van der Waals surface area contributed by atoms with E-state index < -0.39 is 71.2 Å². The fourth-order valence-corrected chi connectivity index (χ4v) is 7.72. The number of esters is 2. The molecule has 57 heavy (non-hydrogen) atoms. The van der Waals surface area contributed by atoms with E-state index in [0.29, 0.717) is 12.8 Å². The van der Waals surface area contributed by atoms with Crippen LogP contribution in [0.2, 0.25) is 0 Å². The van der Waals surface area contributed by atoms with E-state index in [9.17, 15) is 37.9 Å². The van der Waals surface area contributed by atoms with Crippen molar-refractivity contribution in [1.29, 1.82) is 0 Å². The molecule has 0 aromatic carbocycles. The van der Waals surface area contributed by atoms with Crippen molar-refractivity contribution in [1.82, 2.24) is 0 Å². The highest BCUT2D eigenvalue weighted by Crippen LogP contribution is 2.24. The molecule has 12 nitrogen and oxygen atoms in total. The van der Waals surface area contributed by atoms with Crippen LogP contribution >= 0.6 is 0 Å². The molecule has 4 N–H and O–H groups in total. The van der Waals surface area contributed by atoms with E-state index >= 15 is 0 Å². The number of aliphatic hydroxyl groups excluding tert-OH is 3. The lowest BCUT2D eigenvalue weighted by atomic mass is 10.00. The lowest BCUT2D eigenvalue weighted by Gasteiger charge is -2.40. The molecule has 6 unspecified atom stereocenters. The number of aliphatic hydroxyl groups is 3. The highest BCUT2D eigenvalue weighted by molar-refractivity contribution is 7.85. The number of ether oxygens (including phenoxy) is 4. The lowest BCUT2D eigenvalue weighted by molar-refractivity contribution is -0.297. The number of hydrogen-bond donors (Lipinski definition) is 4. The number of carbonyl (C=O) groups is 2. The number of unbranched alkanes of at least 4 members (excludes halogenated alkanes) is 24. The molecule has 0 saturated carbocycles. The van der Waals surface area contributed by atoms with Crippen molar-refractivity contribution in [3.63, 3.8) is 0 Å². The monoisotopic (exact) mass is 835 g/mol. The molecule has 1 heterocycles. The molecule has 0 spiro atoms. The molecule has 0 amide bonds. The average molecular weight is 835 g/mol. The SMILES string of the molecule is CCCCCC/C=C\CCCCCCCC(=O)OC(COC(=O)CCCCCCCCCCCCCCCCCC)COC1OC(CS(=O)(=O)O)C(O)C(O)C1O. The fraction of sp³-hybridized carbons (Fsp3) is 0.909. The van der Waals surface area contributed by atoms with Crippen molar-refractivity contribution in [3.8, 4) is 0 Å². The zero-order valence-corrected chi connectivity index (χ0v) is 36.5. The van der Waals surface area contributed by atoms with E-state index in [2.05, 4.69) is 26.0 Å². The second kappa shape index (κ2) is 35.2. The molecule has 0 bridgehead atoms. The molecule has 13 heteroatoms. The summed E-state index contributed by atoms with van der Waals surface area (Å²) in [7, 11) is -4.60. The van der Waals surface area contributed by atoms with Gasteiger partial charge in [-0.1, -0.05) is 161 Å². The van der Waals surface area contributed by atoms with Crippen LogP contribution in [0.5, 0.6) is 0 Å². The Morgan fingerprint density at radius 2 is 1.00 bits per heavy atom. The van der Waals surface area contributed by atoms with Crippen molar-refractivity contribution in [2.45, 2.75) is 237 Å². The smallest absolute Gasteiger partial charge is 0.306 e. The Balaban J connectivity index is 2.43. The molecule has 1 aliphatic rings. The molecular weight excluding hydrogens is 753 g/mol. The van der Waals surface area contributed by atoms with E-state index in [4.69, 9.17) is 18.9 Å². The first-order valence-corrected chi connectivity index (χ1v) is 24.4. The Bertz CT molecular complexity index is 1120. The van der Waals surface area contributed by atoms with E-state index in [0.717, 1.165) is 57.8 Å². The van der Waals surface area contributed by atoms with Crippen molar-refractivity contribution in [2.24, 2.45) is 0 Å². The summed E-state index contributed by atoms with van der Waals surface area (Å²) in [5.74, 6) is -1.98. The molecule has 1 saturated heterocycles. The second-order valence-corrected chi connectivity index (χ2v) is 17.6. The van der Waals surface area contributed by atoms with Crippen molar-refractivity contribution in [2.75, 3.05) is 19.0 Å². The summed E-state index contributed by atoms with van der Waals surface area (Å²) < 4.78 is 54.0. The van der Waals surface area contributed by atoms with Crippen LogP contribution < -0.4 is 0 Å². The third-order valence-electron chi connectivity index (χ3n) is 10.6. The Kier molecular flexibility index (Phi) is 33.0. The van der Waals surface area contributed by atoms with Gasteiger partial charge in [-0.3, -0.25) is 14.1 Å². The first-order valence-electron chi connectivity index (χ1n) is 22.7. The van der Waals surface area contributed by atoms with Crippen LogP contribution in [0, 0.1) is 0 Å². The standard InChI is InChI=1S/C44H82O12S/c1-3-5-7-9-11-13-15-17-18-19-21-22-24-26-28-30-32-39(45)53-34-37(35-54-44-43(49)42(48)41(47)38(56-44)36-57(50,51)52)55-40(46)33-31-29-27-25-23-20-16-14-12-10-8-6-4-2/h14,16,37-38,41-44,47-49H,3-13,15,17-36H2,1-2H3,(H,50,51,52)/b16-14-. The molecule has 0 aliphatic carbocycles. The van der Waals surface area contributed by atoms with Crippen molar-refractivity contribution in [3.05, 3.63) is 12.2 Å². The van der Waals surface area contributed by atoms with Gasteiger partial charge in [0.15, 0.2) is 12.4 Å². The summed E-state index contributed by atoms with van der Waals surface area (Å²) in [6.45, 7) is 3.75. The third-order valence-corrected chi connectivity index (χ3v) is 11.3. The van der Waals surface area contributed by atoms with Crippen LogP contribution in [-0.2, 0) is 38.7 Å². The number of rotatable bonds is 38. The maximum absolute atomic E-state index is 12.8. The quantitative estimate of drug-likeness (QED) is 0.0200. The molecule has 336 valence electrons. The summed E-state index contributed by atoms with van der Waals surface area (Å²) in [6.07, 6.45) is 26.8. The normalized spacial score (nSPS) is 20.6. The third kappa shape index (κ3) is 30.1. The predicted octanol–water partition coefficient (Wildman–Crippen LogP) is 9.06. The Morgan fingerprint density at radius 3 is 1.47 bits per heavy atom. The Hall–Kier alpha value is -1.61. The zero-order valence-electron chi connectivity index (χ0n) is 35.7. The van der Waals surface area contributed by atoms with Gasteiger partial charge in [-0.25, -0.2) is 0 Å². The van der Waals surface area contributed by atoms with Gasteiger partial charge in [0.25, 0.3) is 10.1 Å². The molecule has 0 aromatic rings. The second-order valence-electron chi connectivity index (χ2n) is 16.1. The molecule has 0 radical (unpaired) electrons. The van der Waals surface area contributed by atoms with Crippen LogP contribution in [-0.4, -0.2) is 96.0 Å². The van der Waals surface area contributed by atoms with Crippen LogP contribution in [0.25, 0.3) is 0 Å². The van der Waals surface area contributed by atoms with Crippen LogP contribution in [0.4, 0.5) is 0 Å². The number of hydrogen-bond acceptors (Lipinski definition) is 11. The Labute approximate surface area is 346 Å². The molecule has 1 aliphatic heterocycles. The first-order chi connectivity index (χ1) is 27.5. The van der Waals surface area contributed by atoms with Gasteiger partial charge in [0.1, 0.15) is 36.8 Å². The topological polar surface area (TPSA) is 186 Å². The zero-order chi connectivity index (χ0) is 42.0. The summed E-state index contributed by atoms with van der Waals surface area (Å²) in [5, 5.41) is 30.8. The maximum atomic E-state index is 12.8. The minimum absolute atomic E-state index is 0.158. The summed E-state index contributed by atoms with van der Waals surface area (Å²) >= 11 is 0. The van der Waals surface area contributed by atoms with Gasteiger partial charge >= 0.3 is 11.9 Å². The van der Waals surface area contributed by atoms with Gasteiger partial charge in [-0.15, -0.1) is 0 Å². The average Bonchev–Trinajstić information content (AvgIpc) is 3.17. The minimum Gasteiger partial charge on any atom is -0.462 e. The van der Waals surface area contributed by atoms with E-state index in [-0.39, 0.29) is 19.4 Å². The molecule has 6 atom stereocenters. The van der Waals surface area contributed by atoms with Gasteiger partial charge in [0.2, 0.25) is 0 Å². The van der Waals surface area contributed by atoms with Crippen LogP contribution in [0.1, 0.15) is 200 Å². The van der Waals surface area contributed by atoms with Gasteiger partial charge in [-0.05, 0) is 38.5 Å². The Morgan fingerprint density at radius 1 is 0.579 bits per heavy atom. The van der Waals surface area contributed by atoms with E-state index in [1.807, 2.05) is 0 Å². The predicted molar refractivity (Wildman–Crippen MR) is 224 cm³/mol. The van der Waals surface area contributed by atoms with E-state index in [1.165, 1.54) is 103 Å². The van der Waals surface area contributed by atoms with Crippen molar-refractivity contribution < 1.29 is 56.8 Å². The maximum Gasteiger partial charge on any atom is 0.306 e. The highest BCUT2D eigenvalue weighted by Gasteiger charge is 2.46. The van der Waals surface area contributed by atoms with Gasteiger partial charge < -0.3 is 34.3 Å². The largest absolute Gasteiger partial charge is 0.462 e. The van der Waals surface area contributed by atoms with Gasteiger partial charge in [0.05, 0.1) is 6.61 Å². The van der Waals surface area contributed by atoms with Crippen LogP contribution in [0.3, 0.4) is 0 Å². The number of allylic oxidation sites excluding steroid dienone is 2. The minimum atomic E-state index is -4.60. The number of carbonyl (C=O) groups excluding carboxylic acids is 2. The first kappa shape index (κ1) is 53.4. The van der Waals surface area contributed by atoms with Crippen molar-refractivity contribution >= 4 is 22.1 Å². The van der Waals surface area contributed by atoms with E-state index in [1.54, 1.807) is 0 Å². The summed E-state index contributed by atoms with van der Waals surface area (Å²) in [4.78, 5) is 25.4. The summed E-state index contributed by atoms with van der Waals surface area (Å²) in [5.41, 5.74) is 0.